The first-order valence-corrected chi connectivity index (χ1v) is 7.86. The maximum Gasteiger partial charge on any atom is 0.258 e. The fourth-order valence-electron chi connectivity index (χ4n) is 2.30. The van der Waals surface area contributed by atoms with E-state index in [2.05, 4.69) is 29.2 Å². The van der Waals surface area contributed by atoms with Crippen LogP contribution in [0.4, 0.5) is 0 Å². The summed E-state index contributed by atoms with van der Waals surface area (Å²) in [5.74, 6) is 1.95. The van der Waals surface area contributed by atoms with Crippen molar-refractivity contribution in [2.45, 2.75) is 33.3 Å². The highest BCUT2D eigenvalue weighted by molar-refractivity contribution is 5.60. The van der Waals surface area contributed by atoms with Gasteiger partial charge in [0.2, 0.25) is 5.82 Å². The van der Waals surface area contributed by atoms with Crippen molar-refractivity contribution in [3.05, 3.63) is 54.1 Å². The van der Waals surface area contributed by atoms with E-state index in [9.17, 15) is 0 Å². The molecular formula is C19H20N2O2. The largest absolute Gasteiger partial charge is 0.491 e. The number of ether oxygens (including phenoxy) is 1. The van der Waals surface area contributed by atoms with Crippen LogP contribution in [-0.2, 0) is 6.42 Å². The van der Waals surface area contributed by atoms with Crippen molar-refractivity contribution in [2.24, 2.45) is 0 Å². The van der Waals surface area contributed by atoms with Gasteiger partial charge in [0, 0.05) is 11.1 Å². The highest BCUT2D eigenvalue weighted by atomic mass is 16.5. The number of hydrogen-bond donors (Lipinski definition) is 0. The molecule has 3 aromatic rings. The van der Waals surface area contributed by atoms with E-state index in [1.54, 1.807) is 0 Å². The Bertz CT molecular complexity index is 759. The zero-order valence-corrected chi connectivity index (χ0v) is 13.6. The molecule has 0 unspecified atom stereocenters. The van der Waals surface area contributed by atoms with E-state index in [0.717, 1.165) is 23.3 Å². The second-order valence-corrected chi connectivity index (χ2v) is 5.66. The standard InChI is InChI=1S/C19H20N2O2/c1-4-14-5-7-16(8-6-14)19-20-18(21-23-19)15-9-11-17(12-10-15)22-13(2)3/h5-13H,4H2,1-3H3. The molecule has 0 aliphatic rings. The molecule has 118 valence electrons. The molecule has 0 atom stereocenters. The van der Waals surface area contributed by atoms with Gasteiger partial charge in [-0.2, -0.15) is 4.98 Å². The van der Waals surface area contributed by atoms with Crippen LogP contribution in [0.2, 0.25) is 0 Å². The molecule has 0 bridgehead atoms. The van der Waals surface area contributed by atoms with Crippen LogP contribution in [0.3, 0.4) is 0 Å². The molecule has 0 N–H and O–H groups in total. The predicted octanol–water partition coefficient (Wildman–Crippen LogP) is 4.75. The lowest BCUT2D eigenvalue weighted by atomic mass is 10.1. The molecule has 0 aliphatic heterocycles. The molecule has 4 heteroatoms. The summed E-state index contributed by atoms with van der Waals surface area (Å²) in [6.45, 7) is 6.14. The Morgan fingerprint density at radius 1 is 0.957 bits per heavy atom. The van der Waals surface area contributed by atoms with Gasteiger partial charge in [-0.25, -0.2) is 0 Å². The van der Waals surface area contributed by atoms with Gasteiger partial charge in [-0.3, -0.25) is 0 Å². The molecule has 23 heavy (non-hydrogen) atoms. The molecule has 0 aliphatic carbocycles. The van der Waals surface area contributed by atoms with Crippen molar-refractivity contribution in [2.75, 3.05) is 0 Å². The van der Waals surface area contributed by atoms with Gasteiger partial charge in [-0.1, -0.05) is 24.2 Å². The molecule has 0 saturated heterocycles. The maximum absolute atomic E-state index is 5.64. The summed E-state index contributed by atoms with van der Waals surface area (Å²) in [5, 5.41) is 4.07. The fourth-order valence-corrected chi connectivity index (χ4v) is 2.30. The summed E-state index contributed by atoms with van der Waals surface area (Å²) in [7, 11) is 0. The molecule has 1 heterocycles. The quantitative estimate of drug-likeness (QED) is 0.682. The highest BCUT2D eigenvalue weighted by Gasteiger charge is 2.10. The average Bonchev–Trinajstić information content (AvgIpc) is 3.05. The summed E-state index contributed by atoms with van der Waals surface area (Å²) in [6, 6.07) is 15.9. The maximum atomic E-state index is 5.64. The number of benzene rings is 2. The SMILES string of the molecule is CCc1ccc(-c2nc(-c3ccc(OC(C)C)cc3)no2)cc1. The Morgan fingerprint density at radius 3 is 2.22 bits per heavy atom. The molecule has 1 aromatic heterocycles. The van der Waals surface area contributed by atoms with Gasteiger partial charge in [0.25, 0.3) is 5.89 Å². The minimum Gasteiger partial charge on any atom is -0.491 e. The molecule has 0 radical (unpaired) electrons. The number of aryl methyl sites for hydroxylation is 1. The van der Waals surface area contributed by atoms with E-state index in [0.29, 0.717) is 11.7 Å². The number of hydrogen-bond acceptors (Lipinski definition) is 4. The summed E-state index contributed by atoms with van der Waals surface area (Å²) in [6.07, 6.45) is 1.17. The van der Waals surface area contributed by atoms with E-state index in [4.69, 9.17) is 9.26 Å². The summed E-state index contributed by atoms with van der Waals surface area (Å²) < 4.78 is 11.0. The lowest BCUT2D eigenvalue weighted by Gasteiger charge is -2.09. The Balaban J connectivity index is 1.80. The van der Waals surface area contributed by atoms with Crippen LogP contribution in [0.15, 0.2) is 53.1 Å². The third kappa shape index (κ3) is 3.59. The predicted molar refractivity (Wildman–Crippen MR) is 90.3 cm³/mol. The molecule has 0 saturated carbocycles. The molecule has 0 spiro atoms. The molecule has 2 aromatic carbocycles. The van der Waals surface area contributed by atoms with Crippen molar-refractivity contribution < 1.29 is 9.26 Å². The zero-order valence-electron chi connectivity index (χ0n) is 13.6. The van der Waals surface area contributed by atoms with Crippen LogP contribution in [0.5, 0.6) is 5.75 Å². The van der Waals surface area contributed by atoms with Gasteiger partial charge in [0.1, 0.15) is 5.75 Å². The third-order valence-corrected chi connectivity index (χ3v) is 3.52. The fraction of sp³-hybridized carbons (Fsp3) is 0.263. The molecule has 0 fully saturated rings. The Morgan fingerprint density at radius 2 is 1.61 bits per heavy atom. The summed E-state index contributed by atoms with van der Waals surface area (Å²) in [5.41, 5.74) is 3.12. The molecular weight excluding hydrogens is 288 g/mol. The summed E-state index contributed by atoms with van der Waals surface area (Å²) in [4.78, 5) is 4.48. The van der Waals surface area contributed by atoms with Crippen molar-refractivity contribution in [1.29, 1.82) is 0 Å². The first-order chi connectivity index (χ1) is 11.2. The van der Waals surface area contributed by atoms with Crippen molar-refractivity contribution in [3.8, 4) is 28.6 Å². The van der Waals surface area contributed by atoms with Crippen molar-refractivity contribution >= 4 is 0 Å². The monoisotopic (exact) mass is 308 g/mol. The topological polar surface area (TPSA) is 48.2 Å². The van der Waals surface area contributed by atoms with Gasteiger partial charge in [0.15, 0.2) is 0 Å². The Labute approximate surface area is 136 Å². The van der Waals surface area contributed by atoms with Gasteiger partial charge in [-0.15, -0.1) is 0 Å². The van der Waals surface area contributed by atoms with Crippen LogP contribution in [0, 0.1) is 0 Å². The smallest absolute Gasteiger partial charge is 0.258 e. The van der Waals surface area contributed by atoms with E-state index in [1.165, 1.54) is 5.56 Å². The second-order valence-electron chi connectivity index (χ2n) is 5.66. The first-order valence-electron chi connectivity index (χ1n) is 7.86. The van der Waals surface area contributed by atoms with E-state index in [1.807, 2.05) is 50.2 Å². The van der Waals surface area contributed by atoms with Crippen LogP contribution >= 0.6 is 0 Å². The van der Waals surface area contributed by atoms with Crippen molar-refractivity contribution in [3.63, 3.8) is 0 Å². The normalized spacial score (nSPS) is 11.0. The van der Waals surface area contributed by atoms with Crippen LogP contribution in [0.25, 0.3) is 22.8 Å². The average molecular weight is 308 g/mol. The van der Waals surface area contributed by atoms with E-state index < -0.39 is 0 Å². The van der Waals surface area contributed by atoms with Gasteiger partial charge in [0.05, 0.1) is 6.10 Å². The van der Waals surface area contributed by atoms with Crippen LogP contribution in [0.1, 0.15) is 26.3 Å². The molecule has 3 rings (SSSR count). The Hall–Kier alpha value is -2.62. The lowest BCUT2D eigenvalue weighted by Crippen LogP contribution is -2.05. The zero-order chi connectivity index (χ0) is 16.2. The minimum atomic E-state index is 0.156. The number of aromatic nitrogens is 2. The Kier molecular flexibility index (Phi) is 4.42. The summed E-state index contributed by atoms with van der Waals surface area (Å²) >= 11 is 0. The van der Waals surface area contributed by atoms with Gasteiger partial charge in [-0.05, 0) is 62.2 Å². The van der Waals surface area contributed by atoms with E-state index >= 15 is 0 Å². The van der Waals surface area contributed by atoms with Crippen LogP contribution < -0.4 is 4.74 Å². The van der Waals surface area contributed by atoms with Crippen molar-refractivity contribution in [1.82, 2.24) is 10.1 Å². The van der Waals surface area contributed by atoms with E-state index in [-0.39, 0.29) is 6.10 Å². The second kappa shape index (κ2) is 6.65. The van der Waals surface area contributed by atoms with Crippen LogP contribution in [-0.4, -0.2) is 16.2 Å². The highest BCUT2D eigenvalue weighted by Crippen LogP contribution is 2.24. The lowest BCUT2D eigenvalue weighted by molar-refractivity contribution is 0.242. The minimum absolute atomic E-state index is 0.156. The van der Waals surface area contributed by atoms with Gasteiger partial charge >= 0.3 is 0 Å². The number of nitrogens with zero attached hydrogens (tertiary/aromatic N) is 2. The molecule has 4 nitrogen and oxygen atoms in total. The first kappa shape index (κ1) is 15.3. The third-order valence-electron chi connectivity index (χ3n) is 3.52. The molecule has 0 amide bonds. The van der Waals surface area contributed by atoms with Gasteiger partial charge < -0.3 is 9.26 Å². The number of rotatable bonds is 5.